The smallest absolute Gasteiger partial charge is 0.502 e. The molecule has 0 spiro atoms. The minimum absolute atomic E-state index is 0.0660. The molecule has 0 atom stereocenters. The van der Waals surface area contributed by atoms with Crippen LogP contribution in [0.5, 0.6) is 11.5 Å². The Morgan fingerprint density at radius 3 is 2.69 bits per heavy atom. The monoisotopic (exact) mass is 184 g/mol. The second-order valence-corrected chi connectivity index (χ2v) is 2.25. The molecule has 0 amide bonds. The van der Waals surface area contributed by atoms with Crippen LogP contribution in [0.2, 0.25) is 0 Å². The number of fused-ring (bicyclic) bond motifs is 1. The lowest BCUT2D eigenvalue weighted by Gasteiger charge is -1.90. The molecule has 2 aromatic rings. The van der Waals surface area contributed by atoms with Gasteiger partial charge in [0, 0.05) is 0 Å². The van der Waals surface area contributed by atoms with Gasteiger partial charge in [-0.25, -0.2) is 4.79 Å². The van der Waals surface area contributed by atoms with Crippen molar-refractivity contribution in [1.82, 2.24) is 0 Å². The van der Waals surface area contributed by atoms with Crippen molar-refractivity contribution < 1.29 is 28.6 Å². The molecule has 0 fully saturated rings. The highest BCUT2D eigenvalue weighted by Crippen LogP contribution is 2.35. The van der Waals surface area contributed by atoms with Gasteiger partial charge in [0.1, 0.15) is 12.5 Å². The van der Waals surface area contributed by atoms with Gasteiger partial charge in [0.15, 0.2) is 5.75 Å². The van der Waals surface area contributed by atoms with Crippen LogP contribution in [0.25, 0.3) is 11.2 Å². The number of hydrogen-bond donors (Lipinski definition) is 2. The second kappa shape index (κ2) is 2.44. The van der Waals surface area contributed by atoms with Crippen molar-refractivity contribution in [3.05, 3.63) is 12.5 Å². The summed E-state index contributed by atoms with van der Waals surface area (Å²) in [5, 5.41) is 17.4. The van der Waals surface area contributed by atoms with E-state index < -0.39 is 6.16 Å². The van der Waals surface area contributed by atoms with Crippen LogP contribution >= 0.6 is 0 Å². The number of carbonyl (C=O) groups is 1. The number of rotatable bonds is 1. The van der Waals surface area contributed by atoms with Gasteiger partial charge in [0.05, 0.1) is 0 Å². The fourth-order valence-electron chi connectivity index (χ4n) is 0.952. The lowest BCUT2D eigenvalue weighted by Crippen LogP contribution is -2.01. The van der Waals surface area contributed by atoms with Crippen LogP contribution in [0.3, 0.4) is 0 Å². The van der Waals surface area contributed by atoms with Crippen molar-refractivity contribution in [2.45, 2.75) is 0 Å². The van der Waals surface area contributed by atoms with Gasteiger partial charge in [-0.2, -0.15) is 0 Å². The molecule has 0 radical (unpaired) electrons. The first-order valence-electron chi connectivity index (χ1n) is 3.27. The third-order valence-electron chi connectivity index (χ3n) is 1.43. The van der Waals surface area contributed by atoms with Gasteiger partial charge in [-0.3, -0.25) is 0 Å². The van der Waals surface area contributed by atoms with E-state index in [-0.39, 0.29) is 22.7 Å². The summed E-state index contributed by atoms with van der Waals surface area (Å²) < 4.78 is 13.9. The Hall–Kier alpha value is -2.11. The molecule has 0 unspecified atom stereocenters. The molecule has 2 heterocycles. The molecule has 0 bridgehead atoms. The van der Waals surface area contributed by atoms with E-state index in [4.69, 9.17) is 19.0 Å². The fraction of sp³-hybridized carbons (Fsp3) is 0. The normalized spacial score (nSPS) is 10.5. The largest absolute Gasteiger partial charge is 0.511 e. The van der Waals surface area contributed by atoms with Crippen molar-refractivity contribution in [2.24, 2.45) is 0 Å². The Kier molecular flexibility index (Phi) is 1.42. The molecule has 0 saturated carbocycles. The van der Waals surface area contributed by atoms with Crippen LogP contribution < -0.4 is 4.74 Å². The Morgan fingerprint density at radius 2 is 2.00 bits per heavy atom. The molecule has 2 rings (SSSR count). The number of ether oxygens (including phenoxy) is 1. The van der Waals surface area contributed by atoms with Gasteiger partial charge in [0.2, 0.25) is 16.9 Å². The van der Waals surface area contributed by atoms with Crippen molar-refractivity contribution in [2.75, 3.05) is 0 Å². The highest BCUT2D eigenvalue weighted by Gasteiger charge is 2.17. The van der Waals surface area contributed by atoms with Gasteiger partial charge in [-0.05, 0) is 0 Å². The maximum absolute atomic E-state index is 10.1. The minimum atomic E-state index is -1.47. The molecule has 6 heteroatoms. The highest BCUT2D eigenvalue weighted by atomic mass is 16.7. The SMILES string of the molecule is O=C(O)Oc1coc2c(O)coc12. The van der Waals surface area contributed by atoms with Gasteiger partial charge in [-0.15, -0.1) is 0 Å². The predicted octanol–water partition coefficient (Wildman–Crippen LogP) is 1.79. The van der Waals surface area contributed by atoms with E-state index in [1.807, 2.05) is 0 Å². The third kappa shape index (κ3) is 1.08. The summed E-state index contributed by atoms with van der Waals surface area (Å²) in [6, 6.07) is 0. The van der Waals surface area contributed by atoms with Gasteiger partial charge < -0.3 is 23.8 Å². The average Bonchev–Trinajstić information content (AvgIpc) is 2.56. The Morgan fingerprint density at radius 1 is 1.31 bits per heavy atom. The Balaban J connectivity index is 2.52. The summed E-state index contributed by atoms with van der Waals surface area (Å²) in [6.45, 7) is 0. The molecular weight excluding hydrogens is 180 g/mol. The fourth-order valence-corrected chi connectivity index (χ4v) is 0.952. The summed E-state index contributed by atoms with van der Waals surface area (Å²) >= 11 is 0. The van der Waals surface area contributed by atoms with Crippen molar-refractivity contribution in [1.29, 1.82) is 0 Å². The van der Waals surface area contributed by atoms with Crippen LogP contribution in [0.15, 0.2) is 21.4 Å². The summed E-state index contributed by atoms with van der Waals surface area (Å²) in [5.41, 5.74) is 0.135. The number of hydrogen-bond acceptors (Lipinski definition) is 5. The molecule has 13 heavy (non-hydrogen) atoms. The first-order chi connectivity index (χ1) is 6.18. The van der Waals surface area contributed by atoms with Crippen LogP contribution in [0, 0.1) is 0 Å². The molecule has 68 valence electrons. The van der Waals surface area contributed by atoms with E-state index in [9.17, 15) is 4.79 Å². The Bertz CT molecular complexity index is 450. The van der Waals surface area contributed by atoms with E-state index in [0.717, 1.165) is 12.5 Å². The van der Waals surface area contributed by atoms with Gasteiger partial charge in [0.25, 0.3) is 0 Å². The highest BCUT2D eigenvalue weighted by molar-refractivity contribution is 5.84. The zero-order chi connectivity index (χ0) is 9.42. The molecule has 0 aromatic carbocycles. The Labute approximate surface area is 70.9 Å². The lowest BCUT2D eigenvalue weighted by molar-refractivity contribution is 0.144. The summed E-state index contributed by atoms with van der Waals surface area (Å²) in [4.78, 5) is 10.1. The van der Waals surface area contributed by atoms with E-state index >= 15 is 0 Å². The molecule has 0 aliphatic heterocycles. The number of aromatic hydroxyl groups is 1. The molecule has 0 aliphatic rings. The zero-order valence-corrected chi connectivity index (χ0v) is 6.18. The van der Waals surface area contributed by atoms with E-state index in [1.54, 1.807) is 0 Å². The molecule has 0 aliphatic carbocycles. The minimum Gasteiger partial charge on any atom is -0.502 e. The quantitative estimate of drug-likeness (QED) is 0.656. The van der Waals surface area contributed by atoms with Crippen LogP contribution in [0.1, 0.15) is 0 Å². The topological polar surface area (TPSA) is 93.0 Å². The molecule has 2 N–H and O–H groups in total. The third-order valence-corrected chi connectivity index (χ3v) is 1.43. The molecule has 2 aromatic heterocycles. The van der Waals surface area contributed by atoms with E-state index in [1.165, 1.54) is 0 Å². The number of carboxylic acid groups (broad SMARTS) is 1. The molecule has 0 saturated heterocycles. The zero-order valence-electron chi connectivity index (χ0n) is 6.18. The van der Waals surface area contributed by atoms with Crippen molar-refractivity contribution in [3.8, 4) is 11.5 Å². The first-order valence-corrected chi connectivity index (χ1v) is 3.27. The summed E-state index contributed by atoms with van der Waals surface area (Å²) in [7, 11) is 0. The summed E-state index contributed by atoms with van der Waals surface area (Å²) in [6.07, 6.45) is 0.601. The number of furan rings is 2. The first kappa shape index (κ1) is 7.53. The van der Waals surface area contributed by atoms with Crippen molar-refractivity contribution in [3.63, 3.8) is 0 Å². The lowest BCUT2D eigenvalue weighted by atomic mass is 10.4. The maximum atomic E-state index is 10.1. The van der Waals surface area contributed by atoms with Crippen molar-refractivity contribution >= 4 is 17.3 Å². The van der Waals surface area contributed by atoms with Gasteiger partial charge in [-0.1, -0.05) is 0 Å². The van der Waals surface area contributed by atoms with Gasteiger partial charge >= 0.3 is 6.16 Å². The van der Waals surface area contributed by atoms with Crippen LogP contribution in [-0.2, 0) is 0 Å². The van der Waals surface area contributed by atoms with Crippen LogP contribution in [0.4, 0.5) is 4.79 Å². The molecule has 6 nitrogen and oxygen atoms in total. The van der Waals surface area contributed by atoms with E-state index in [0.29, 0.717) is 0 Å². The van der Waals surface area contributed by atoms with Crippen LogP contribution in [-0.4, -0.2) is 16.4 Å². The molecular formula is C7H4O6. The second-order valence-electron chi connectivity index (χ2n) is 2.25. The standard InChI is InChI=1S/C7H4O6/c8-3-1-11-6-4(13-7(9)10)2-12-5(3)6/h1-2,8H,(H,9,10). The predicted molar refractivity (Wildman–Crippen MR) is 38.8 cm³/mol. The average molecular weight is 184 g/mol. The maximum Gasteiger partial charge on any atom is 0.511 e. The summed E-state index contributed by atoms with van der Waals surface area (Å²) in [5.74, 6) is -0.280. The van der Waals surface area contributed by atoms with E-state index in [2.05, 4.69) is 4.74 Å².